The molecule has 1 aliphatic heterocycles. The number of piperazine rings is 1. The van der Waals surface area contributed by atoms with Crippen molar-refractivity contribution in [2.45, 2.75) is 17.0 Å². The molecule has 0 bridgehead atoms. The zero-order chi connectivity index (χ0) is 29.0. The minimum absolute atomic E-state index is 0.250. The average Bonchev–Trinajstić information content (AvgIpc) is 3.01. The highest BCUT2D eigenvalue weighted by molar-refractivity contribution is 7.98. The standard InChI is InChI=1S/C30H38ClN7O2S/c1-36-15-17-37(18-16-36)19-20-40-30(39)38(14-13-23-9-5-3-6-10-23)28-25(21-32)27(34-29(35-28)41-2)33-22-26(31)24-11-7-4-8-12-24/h3-12,21,26,32H,13-20,22H2,1-2H3,(H,33,34,35)/p+1. The summed E-state index contributed by atoms with van der Waals surface area (Å²) in [7, 11) is 2.12. The van der Waals surface area contributed by atoms with Crippen LogP contribution in [-0.2, 0) is 11.2 Å². The summed E-state index contributed by atoms with van der Waals surface area (Å²) >= 11 is 8.08. The van der Waals surface area contributed by atoms with E-state index in [1.165, 1.54) is 18.0 Å². The molecule has 11 heteroatoms. The molecule has 1 atom stereocenters. The Balaban J connectivity index is 1.55. The molecule has 0 aliphatic carbocycles. The first-order chi connectivity index (χ1) is 20.0. The molecule has 1 amide bonds. The number of carbonyl (C=O) groups excluding carboxylic acids is 1. The summed E-state index contributed by atoms with van der Waals surface area (Å²) in [6.45, 7) is 5.75. The molecule has 0 spiro atoms. The van der Waals surface area contributed by atoms with E-state index in [1.807, 2.05) is 72.2 Å². The molecular weight excluding hydrogens is 558 g/mol. The Morgan fingerprint density at radius 3 is 2.46 bits per heavy atom. The fraction of sp³-hybridized carbons (Fsp3) is 0.400. The molecule has 2 heterocycles. The van der Waals surface area contributed by atoms with Crippen LogP contribution >= 0.6 is 23.4 Å². The monoisotopic (exact) mass is 596 g/mol. The lowest BCUT2D eigenvalue weighted by atomic mass is 10.1. The Bertz CT molecular complexity index is 1260. The number of rotatable bonds is 13. The fourth-order valence-corrected chi connectivity index (χ4v) is 5.24. The van der Waals surface area contributed by atoms with Crippen LogP contribution in [0.3, 0.4) is 0 Å². The molecule has 41 heavy (non-hydrogen) atoms. The van der Waals surface area contributed by atoms with Crippen LogP contribution in [0.5, 0.6) is 0 Å². The second kappa shape index (κ2) is 15.8. The Morgan fingerprint density at radius 1 is 1.12 bits per heavy atom. The molecule has 9 nitrogen and oxygen atoms in total. The third-order valence-corrected chi connectivity index (χ3v) is 8.09. The van der Waals surface area contributed by atoms with Crippen LogP contribution in [0, 0.1) is 5.41 Å². The van der Waals surface area contributed by atoms with Crippen molar-refractivity contribution in [1.29, 1.82) is 5.41 Å². The van der Waals surface area contributed by atoms with Gasteiger partial charge in [0, 0.05) is 45.5 Å². The van der Waals surface area contributed by atoms with Crippen LogP contribution in [0.4, 0.5) is 16.4 Å². The molecule has 1 aliphatic rings. The summed E-state index contributed by atoms with van der Waals surface area (Å²) in [5, 5.41) is 10.4. The molecule has 218 valence electrons. The lowest BCUT2D eigenvalue weighted by molar-refractivity contribution is -0.575. The van der Waals surface area contributed by atoms with Crippen molar-refractivity contribution < 1.29 is 14.8 Å². The lowest BCUT2D eigenvalue weighted by Gasteiger charge is -2.32. The van der Waals surface area contributed by atoms with Gasteiger partial charge >= 0.3 is 6.09 Å². The van der Waals surface area contributed by atoms with Gasteiger partial charge in [-0.15, -0.1) is 11.6 Å². The van der Waals surface area contributed by atoms with Crippen LogP contribution in [0.15, 0.2) is 65.8 Å². The van der Waals surface area contributed by atoms with Crippen LogP contribution in [0.25, 0.3) is 0 Å². The number of nitrogens with one attached hydrogen (secondary N) is 1. The minimum atomic E-state index is -0.477. The summed E-state index contributed by atoms with van der Waals surface area (Å²) in [5.41, 5.74) is 2.57. The molecule has 3 aromatic rings. The van der Waals surface area contributed by atoms with Crippen LogP contribution in [0.1, 0.15) is 22.1 Å². The third-order valence-electron chi connectivity index (χ3n) is 7.11. The van der Waals surface area contributed by atoms with Gasteiger partial charge in [0.25, 0.3) is 0 Å². The molecule has 0 radical (unpaired) electrons. The summed E-state index contributed by atoms with van der Waals surface area (Å²) in [6.07, 6.45) is 3.24. The number of hydrogen-bond donors (Lipinski definition) is 2. The molecule has 1 aromatic heterocycles. The number of carbonyl (C=O) groups is 1. The Kier molecular flexibility index (Phi) is 11.9. The van der Waals surface area contributed by atoms with Crippen molar-refractivity contribution in [2.24, 2.45) is 0 Å². The highest BCUT2D eigenvalue weighted by Crippen LogP contribution is 2.26. The largest absolute Gasteiger partial charge is 0.448 e. The van der Waals surface area contributed by atoms with E-state index in [-0.39, 0.29) is 12.0 Å². The smallest absolute Gasteiger partial charge is 0.415 e. The number of aromatic nitrogens is 2. The van der Waals surface area contributed by atoms with Gasteiger partial charge in [0.1, 0.15) is 24.1 Å². The van der Waals surface area contributed by atoms with Gasteiger partial charge < -0.3 is 15.0 Å². The Labute approximate surface area is 251 Å². The van der Waals surface area contributed by atoms with Gasteiger partial charge in [-0.25, -0.2) is 9.78 Å². The molecule has 3 N–H and O–H groups in total. The number of benzene rings is 2. The van der Waals surface area contributed by atoms with Gasteiger partial charge in [0.05, 0.1) is 0 Å². The number of nitrogens with two attached hydrogens (primary N) is 1. The zero-order valence-electron chi connectivity index (χ0n) is 23.7. The van der Waals surface area contributed by atoms with Gasteiger partial charge in [-0.1, -0.05) is 72.4 Å². The van der Waals surface area contributed by atoms with Gasteiger partial charge in [0.2, 0.25) is 5.82 Å². The summed E-state index contributed by atoms with van der Waals surface area (Å²) in [5.74, 6) is 0.947. The topological polar surface area (TPSA) is 102 Å². The maximum absolute atomic E-state index is 13.6. The van der Waals surface area contributed by atoms with Crippen LogP contribution in [0.2, 0.25) is 0 Å². The van der Waals surface area contributed by atoms with Crippen molar-refractivity contribution in [3.63, 3.8) is 0 Å². The van der Waals surface area contributed by atoms with Crippen molar-refractivity contribution >= 4 is 47.3 Å². The zero-order valence-corrected chi connectivity index (χ0v) is 25.3. The van der Waals surface area contributed by atoms with E-state index in [0.717, 1.165) is 37.3 Å². The second-order valence-electron chi connectivity index (χ2n) is 9.94. The molecule has 2 aromatic carbocycles. The van der Waals surface area contributed by atoms with Crippen molar-refractivity contribution in [3.8, 4) is 0 Å². The quantitative estimate of drug-likeness (QED) is 0.134. The van der Waals surface area contributed by atoms with Crippen molar-refractivity contribution in [3.05, 3.63) is 77.4 Å². The number of alkyl halides is 1. The highest BCUT2D eigenvalue weighted by atomic mass is 35.5. The average molecular weight is 597 g/mol. The van der Waals surface area contributed by atoms with Gasteiger partial charge in [-0.05, 0) is 30.9 Å². The van der Waals surface area contributed by atoms with Gasteiger partial charge in [-0.2, -0.15) is 4.98 Å². The van der Waals surface area contributed by atoms with Gasteiger partial charge in [-0.3, -0.25) is 15.1 Å². The summed E-state index contributed by atoms with van der Waals surface area (Å²) < 4.78 is 5.80. The molecule has 1 unspecified atom stereocenters. The van der Waals surface area contributed by atoms with E-state index >= 15 is 0 Å². The first-order valence-electron chi connectivity index (χ1n) is 13.9. The normalized spacial score (nSPS) is 14.9. The molecule has 4 rings (SSSR count). The van der Waals surface area contributed by atoms with Gasteiger partial charge in [0.15, 0.2) is 11.0 Å². The number of thioether (sulfide) groups is 1. The number of likely N-dealkylation sites (N-methyl/N-ethyl adjacent to an activating group) is 1. The lowest BCUT2D eigenvalue weighted by Crippen LogP contribution is -2.79. The first kappa shape index (κ1) is 30.9. The number of anilines is 1. The van der Waals surface area contributed by atoms with E-state index < -0.39 is 6.09 Å². The maximum Gasteiger partial charge on any atom is 0.415 e. The fourth-order valence-electron chi connectivity index (χ4n) is 4.64. The number of ether oxygens (including phenoxy) is 1. The minimum Gasteiger partial charge on any atom is -0.448 e. The predicted octanol–water partition coefficient (Wildman–Crippen LogP) is 3.80. The molecule has 1 fully saturated rings. The SMILES string of the molecule is CSc1nc([NH2+]CC(Cl)c2ccccc2)c(C=N)c(N(CCc2ccccc2)C(=O)OCCN2CCN(C)CC2)n1. The maximum atomic E-state index is 13.6. The van der Waals surface area contributed by atoms with Crippen molar-refractivity contribution in [2.75, 3.05) is 70.6 Å². The Morgan fingerprint density at radius 2 is 1.80 bits per heavy atom. The summed E-state index contributed by atoms with van der Waals surface area (Å²) in [6, 6.07) is 19.9. The highest BCUT2D eigenvalue weighted by Gasteiger charge is 2.27. The van der Waals surface area contributed by atoms with E-state index in [9.17, 15) is 4.79 Å². The number of amides is 1. The van der Waals surface area contributed by atoms with Crippen LogP contribution in [-0.4, -0.2) is 97.8 Å². The van der Waals surface area contributed by atoms with E-state index in [1.54, 1.807) is 4.90 Å². The predicted molar refractivity (Wildman–Crippen MR) is 166 cm³/mol. The number of halogens is 1. The number of hydrogen-bond acceptors (Lipinski definition) is 8. The first-order valence-corrected chi connectivity index (χ1v) is 15.5. The van der Waals surface area contributed by atoms with E-state index in [4.69, 9.17) is 26.7 Å². The summed E-state index contributed by atoms with van der Waals surface area (Å²) in [4.78, 5) is 29.1. The van der Waals surface area contributed by atoms with Crippen LogP contribution < -0.4 is 10.2 Å². The molecule has 1 saturated heterocycles. The number of quaternary nitrogens is 1. The third kappa shape index (κ3) is 8.98. The van der Waals surface area contributed by atoms with Crippen molar-refractivity contribution in [1.82, 2.24) is 19.8 Å². The van der Waals surface area contributed by atoms with E-state index in [2.05, 4.69) is 21.8 Å². The van der Waals surface area contributed by atoms with E-state index in [0.29, 0.717) is 48.4 Å². The molecular formula is C30H39ClN7O2S+. The second-order valence-corrected chi connectivity index (χ2v) is 11.2. The Hall–Kier alpha value is -3.02. The number of nitrogens with zero attached hydrogens (tertiary/aromatic N) is 5. The molecule has 0 saturated carbocycles.